The predicted molar refractivity (Wildman–Crippen MR) is 90.8 cm³/mol. The lowest BCUT2D eigenvalue weighted by molar-refractivity contribution is -0.149. The molecule has 4 atom stereocenters. The van der Waals surface area contributed by atoms with E-state index in [-0.39, 0.29) is 29.8 Å². The van der Waals surface area contributed by atoms with Gasteiger partial charge in [-0.3, -0.25) is 18.9 Å². The molecule has 26 heavy (non-hydrogen) atoms. The summed E-state index contributed by atoms with van der Waals surface area (Å²) in [6.07, 6.45) is 1.10. The van der Waals surface area contributed by atoms with Crippen LogP contribution in [0.25, 0.3) is 0 Å². The number of amides is 5. The minimum Gasteiger partial charge on any atom is -0.332 e. The van der Waals surface area contributed by atoms with E-state index in [9.17, 15) is 27.6 Å². The van der Waals surface area contributed by atoms with E-state index in [1.54, 1.807) is 11.8 Å². The lowest BCUT2D eigenvalue weighted by Gasteiger charge is -2.17. The van der Waals surface area contributed by atoms with Crippen LogP contribution in [0, 0.1) is 0 Å². The second-order valence-corrected chi connectivity index (χ2v) is 9.41. The summed E-state index contributed by atoms with van der Waals surface area (Å²) < 4.78 is 31.1. The van der Waals surface area contributed by atoms with Gasteiger partial charge in [0.2, 0.25) is 11.8 Å². The zero-order valence-electron chi connectivity index (χ0n) is 13.7. The average molecular weight is 405 g/mol. The second kappa shape index (κ2) is 7.16. The van der Waals surface area contributed by atoms with E-state index in [0.29, 0.717) is 17.7 Å². The van der Waals surface area contributed by atoms with Gasteiger partial charge in [0.15, 0.2) is 5.25 Å². The zero-order valence-corrected chi connectivity index (χ0v) is 15.3. The molecule has 3 fully saturated rings. The van der Waals surface area contributed by atoms with Gasteiger partial charge in [-0.2, -0.15) is 20.2 Å². The van der Waals surface area contributed by atoms with E-state index in [4.69, 9.17) is 4.55 Å². The van der Waals surface area contributed by atoms with Gasteiger partial charge >= 0.3 is 6.03 Å². The highest BCUT2D eigenvalue weighted by Gasteiger charge is 2.48. The number of hydrogen-bond acceptors (Lipinski definition) is 7. The van der Waals surface area contributed by atoms with Crippen LogP contribution in [-0.2, 0) is 24.5 Å². The highest BCUT2D eigenvalue weighted by molar-refractivity contribution is 8.00. The molecular formula is C14H19N3O7S2. The monoisotopic (exact) mass is 405 g/mol. The summed E-state index contributed by atoms with van der Waals surface area (Å²) in [4.78, 5) is 47.4. The van der Waals surface area contributed by atoms with Crippen molar-refractivity contribution in [3.63, 3.8) is 0 Å². The first-order chi connectivity index (χ1) is 12.2. The van der Waals surface area contributed by atoms with Gasteiger partial charge in [-0.25, -0.2) is 9.69 Å². The second-order valence-electron chi connectivity index (χ2n) is 6.54. The maximum Gasteiger partial charge on any atom is 0.315 e. The molecule has 10 nitrogen and oxygen atoms in total. The van der Waals surface area contributed by atoms with E-state index in [1.165, 1.54) is 0 Å². The normalized spacial score (nSPS) is 31.1. The van der Waals surface area contributed by atoms with E-state index in [2.05, 4.69) is 10.6 Å². The molecule has 3 rings (SSSR count). The Bertz CT molecular complexity index is 754. The Kier molecular flexibility index (Phi) is 5.26. The number of rotatable bonds is 6. The highest BCUT2D eigenvalue weighted by Crippen LogP contribution is 2.33. The number of nitrogens with zero attached hydrogens (tertiary/aromatic N) is 1. The zero-order chi connectivity index (χ0) is 19.1. The number of fused-ring (bicyclic) bond motifs is 1. The third-order valence-corrected chi connectivity index (χ3v) is 7.38. The van der Waals surface area contributed by atoms with Crippen LogP contribution in [-0.4, -0.2) is 70.0 Å². The Labute approximate surface area is 154 Å². The molecule has 0 aromatic heterocycles. The number of hydrogen-bond donors (Lipinski definition) is 3. The Balaban J connectivity index is 1.45. The predicted octanol–water partition coefficient (Wildman–Crippen LogP) is -0.746. The number of nitrogens with one attached hydrogen (secondary N) is 2. The molecule has 0 aromatic rings. The minimum atomic E-state index is -4.71. The number of thioether (sulfide) groups is 1. The van der Waals surface area contributed by atoms with Crippen molar-refractivity contribution in [2.24, 2.45) is 0 Å². The number of carbonyl (C=O) groups is 4. The maximum absolute atomic E-state index is 12.1. The quantitative estimate of drug-likeness (QED) is 0.226. The Morgan fingerprint density at radius 3 is 2.62 bits per heavy atom. The van der Waals surface area contributed by atoms with Crippen LogP contribution in [0.3, 0.4) is 0 Å². The molecule has 3 aliphatic heterocycles. The van der Waals surface area contributed by atoms with E-state index >= 15 is 0 Å². The molecule has 0 bridgehead atoms. The third kappa shape index (κ3) is 3.71. The van der Waals surface area contributed by atoms with Gasteiger partial charge in [0.25, 0.3) is 16.0 Å². The first kappa shape index (κ1) is 19.1. The van der Waals surface area contributed by atoms with Crippen LogP contribution >= 0.6 is 11.8 Å². The van der Waals surface area contributed by atoms with Crippen LogP contribution in [0.1, 0.15) is 32.1 Å². The molecule has 0 aliphatic carbocycles. The van der Waals surface area contributed by atoms with Gasteiger partial charge in [0.1, 0.15) is 0 Å². The Morgan fingerprint density at radius 1 is 1.23 bits per heavy atom. The topological polar surface area (TPSA) is 150 Å². The first-order valence-electron chi connectivity index (χ1n) is 8.23. The fourth-order valence-electron chi connectivity index (χ4n) is 3.48. The standard InChI is InChI=1S/C14H19N3O7S2/c18-10(17-11(19)5-9(13(17)20)26(22,23)24)4-2-1-3-8-12-7(6-25-8)15-14(21)16-12/h7-9,12H,1-6H2,(H2,15,16,21)(H,22,23,24)/t7-,8-,9?,12-/m0/s1. The van der Waals surface area contributed by atoms with Crippen molar-refractivity contribution in [3.8, 4) is 0 Å². The summed E-state index contributed by atoms with van der Waals surface area (Å²) >= 11 is 1.75. The van der Waals surface area contributed by atoms with Gasteiger partial charge in [0, 0.05) is 17.4 Å². The Hall–Kier alpha value is -1.66. The van der Waals surface area contributed by atoms with Crippen molar-refractivity contribution < 1.29 is 32.1 Å². The molecule has 12 heteroatoms. The third-order valence-electron chi connectivity index (χ3n) is 4.78. The fraction of sp³-hybridized carbons (Fsp3) is 0.714. The Morgan fingerprint density at radius 2 is 1.96 bits per heavy atom. The summed E-state index contributed by atoms with van der Waals surface area (Å²) in [5, 5.41) is 4.07. The van der Waals surface area contributed by atoms with E-state index in [0.717, 1.165) is 12.2 Å². The summed E-state index contributed by atoms with van der Waals surface area (Å²) in [6, 6.07) is 0.0247. The van der Waals surface area contributed by atoms with Crippen LogP contribution < -0.4 is 10.6 Å². The average Bonchev–Trinajstić information content (AvgIpc) is 3.16. The summed E-state index contributed by atoms with van der Waals surface area (Å²) in [5.41, 5.74) is 0. The largest absolute Gasteiger partial charge is 0.332 e. The van der Waals surface area contributed by atoms with Crippen LogP contribution in [0.4, 0.5) is 4.79 Å². The molecule has 0 radical (unpaired) electrons. The fourth-order valence-corrected chi connectivity index (χ4v) is 5.73. The number of urea groups is 1. The molecule has 3 aliphatic rings. The smallest absolute Gasteiger partial charge is 0.315 e. The SMILES string of the molecule is O=C1N[C@H]2[C@H](CS[C@H]2CCCCC(=O)N2C(=O)CC(S(=O)(=O)O)C2=O)N1. The van der Waals surface area contributed by atoms with Crippen LogP contribution in [0.2, 0.25) is 0 Å². The number of carbonyl (C=O) groups excluding carboxylic acids is 4. The van der Waals surface area contributed by atoms with Gasteiger partial charge in [-0.05, 0) is 12.8 Å². The van der Waals surface area contributed by atoms with Crippen molar-refractivity contribution >= 4 is 45.6 Å². The van der Waals surface area contributed by atoms with E-state index < -0.39 is 39.5 Å². The van der Waals surface area contributed by atoms with Crippen molar-refractivity contribution in [3.05, 3.63) is 0 Å². The van der Waals surface area contributed by atoms with E-state index in [1.807, 2.05) is 0 Å². The van der Waals surface area contributed by atoms with Crippen molar-refractivity contribution in [1.29, 1.82) is 0 Å². The van der Waals surface area contributed by atoms with Crippen LogP contribution in [0.5, 0.6) is 0 Å². The van der Waals surface area contributed by atoms with Crippen molar-refractivity contribution in [2.75, 3.05) is 5.75 Å². The molecule has 3 heterocycles. The maximum atomic E-state index is 12.1. The minimum absolute atomic E-state index is 0.0637. The lowest BCUT2D eigenvalue weighted by Crippen LogP contribution is -2.39. The molecule has 3 N–H and O–H groups in total. The molecular weight excluding hydrogens is 386 g/mol. The first-order valence-corrected chi connectivity index (χ1v) is 10.8. The summed E-state index contributed by atoms with van der Waals surface area (Å²) in [6.45, 7) is 0. The van der Waals surface area contributed by atoms with Gasteiger partial charge in [-0.1, -0.05) is 6.42 Å². The molecule has 0 aromatic carbocycles. The molecule has 5 amide bonds. The van der Waals surface area contributed by atoms with Crippen molar-refractivity contribution in [1.82, 2.24) is 15.5 Å². The van der Waals surface area contributed by atoms with Crippen molar-refractivity contribution in [2.45, 2.75) is 54.7 Å². The van der Waals surface area contributed by atoms with Gasteiger partial charge in [0.05, 0.1) is 18.5 Å². The lowest BCUT2D eigenvalue weighted by atomic mass is 10.0. The number of unbranched alkanes of at least 4 members (excludes halogenated alkanes) is 1. The highest BCUT2D eigenvalue weighted by atomic mass is 32.2. The molecule has 0 spiro atoms. The molecule has 0 saturated carbocycles. The molecule has 3 saturated heterocycles. The van der Waals surface area contributed by atoms with Gasteiger partial charge < -0.3 is 10.6 Å². The summed E-state index contributed by atoms with van der Waals surface area (Å²) in [7, 11) is -4.71. The number of likely N-dealkylation sites (tertiary alicyclic amines) is 1. The summed E-state index contributed by atoms with van der Waals surface area (Å²) in [5.74, 6) is -2.01. The number of imide groups is 3. The molecule has 144 valence electrons. The molecule has 1 unspecified atom stereocenters. The van der Waals surface area contributed by atoms with Crippen LogP contribution in [0.15, 0.2) is 0 Å². The van der Waals surface area contributed by atoms with Gasteiger partial charge in [-0.15, -0.1) is 0 Å².